The van der Waals surface area contributed by atoms with Crippen LogP contribution in [0.3, 0.4) is 0 Å². The minimum absolute atomic E-state index is 0.148. The van der Waals surface area contributed by atoms with Gasteiger partial charge in [0, 0.05) is 13.0 Å². The van der Waals surface area contributed by atoms with Gasteiger partial charge < -0.3 is 10.1 Å². The molecule has 4 rings (SSSR count). The number of carbonyl (C=O) groups excluding carboxylic acids is 2. The largest absolute Gasteiger partial charge is 0.464 e. The summed E-state index contributed by atoms with van der Waals surface area (Å²) >= 11 is 1.20. The zero-order valence-electron chi connectivity index (χ0n) is 17.1. The second kappa shape index (κ2) is 9.48. The van der Waals surface area contributed by atoms with Gasteiger partial charge in [0.05, 0.1) is 17.4 Å². The molecule has 10 heteroatoms. The van der Waals surface area contributed by atoms with Gasteiger partial charge in [-0.05, 0) is 24.1 Å². The van der Waals surface area contributed by atoms with Crippen molar-refractivity contribution in [2.24, 2.45) is 0 Å². The second-order valence-electron chi connectivity index (χ2n) is 6.84. The quantitative estimate of drug-likeness (QED) is 0.431. The van der Waals surface area contributed by atoms with E-state index in [4.69, 9.17) is 4.74 Å². The molecule has 0 fully saturated rings. The number of hydrogen-bond acceptors (Lipinski definition) is 8. The Hall–Kier alpha value is -3.92. The molecule has 0 aliphatic rings. The lowest BCUT2D eigenvalue weighted by atomic mass is 10.1. The molecule has 0 spiro atoms. The van der Waals surface area contributed by atoms with Crippen LogP contribution in [0.15, 0.2) is 59.4 Å². The van der Waals surface area contributed by atoms with Crippen LogP contribution in [-0.2, 0) is 16.1 Å². The van der Waals surface area contributed by atoms with E-state index in [-0.39, 0.29) is 30.1 Å². The maximum absolute atomic E-state index is 12.5. The molecule has 0 bridgehead atoms. The van der Waals surface area contributed by atoms with Gasteiger partial charge in [0.2, 0.25) is 5.91 Å². The lowest BCUT2D eigenvalue weighted by Gasteiger charge is -2.05. The Bertz CT molecular complexity index is 1330. The second-order valence-corrected chi connectivity index (χ2v) is 7.84. The highest BCUT2D eigenvalue weighted by Gasteiger charge is 2.21. The van der Waals surface area contributed by atoms with Crippen LogP contribution in [0.1, 0.15) is 23.3 Å². The predicted molar refractivity (Wildman–Crippen MR) is 121 cm³/mol. The third-order valence-electron chi connectivity index (χ3n) is 4.69. The molecule has 0 atom stereocenters. The summed E-state index contributed by atoms with van der Waals surface area (Å²) in [4.78, 5) is 41.9. The predicted octanol–water partition coefficient (Wildman–Crippen LogP) is 3.12. The number of esters is 1. The lowest BCUT2D eigenvalue weighted by Crippen LogP contribution is -2.25. The molecule has 4 aromatic rings. The van der Waals surface area contributed by atoms with Gasteiger partial charge >= 0.3 is 5.97 Å². The van der Waals surface area contributed by atoms with Crippen molar-refractivity contribution >= 4 is 39.2 Å². The van der Waals surface area contributed by atoms with Gasteiger partial charge in [-0.25, -0.2) is 14.5 Å². The van der Waals surface area contributed by atoms with Crippen LogP contribution < -0.4 is 10.9 Å². The number of nitrogens with one attached hydrogen (secondary N) is 1. The van der Waals surface area contributed by atoms with Crippen molar-refractivity contribution in [3.05, 3.63) is 70.6 Å². The summed E-state index contributed by atoms with van der Waals surface area (Å²) in [5.41, 5.74) is 1.24. The molecule has 2 heterocycles. The van der Waals surface area contributed by atoms with Gasteiger partial charge in [-0.3, -0.25) is 9.59 Å². The van der Waals surface area contributed by atoms with Crippen LogP contribution in [-0.4, -0.2) is 39.0 Å². The minimum atomic E-state index is -0.574. The van der Waals surface area contributed by atoms with Crippen LogP contribution in [0.4, 0.5) is 5.13 Å². The summed E-state index contributed by atoms with van der Waals surface area (Å²) in [5, 5.41) is 11.5. The van der Waals surface area contributed by atoms with Gasteiger partial charge in [-0.1, -0.05) is 59.0 Å². The van der Waals surface area contributed by atoms with Crippen LogP contribution >= 0.6 is 11.3 Å². The van der Waals surface area contributed by atoms with E-state index in [0.29, 0.717) is 27.3 Å². The molecule has 0 saturated heterocycles. The minimum Gasteiger partial charge on any atom is -0.464 e. The summed E-state index contributed by atoms with van der Waals surface area (Å²) in [5.74, 6) is -0.855. The molecule has 0 aliphatic carbocycles. The van der Waals surface area contributed by atoms with Crippen molar-refractivity contribution in [1.82, 2.24) is 20.0 Å². The molecule has 162 valence electrons. The zero-order chi connectivity index (χ0) is 22.5. The van der Waals surface area contributed by atoms with Gasteiger partial charge in [0.25, 0.3) is 5.56 Å². The summed E-state index contributed by atoms with van der Waals surface area (Å²) in [6, 6.07) is 16.3. The standard InChI is InChI=1S/C22H19N5O4S/c1-31-21(30)18-19(14-8-3-2-4-9-14)32-22(24-18)23-17(28)12-7-13-27-20(29)15-10-5-6-11-16(15)25-26-27/h2-6,8-11H,7,12-13H2,1H3,(H,23,24,28). The maximum atomic E-state index is 12.5. The molecule has 0 saturated carbocycles. The normalized spacial score (nSPS) is 10.8. The van der Waals surface area contributed by atoms with Gasteiger partial charge in [0.15, 0.2) is 10.8 Å². The molecule has 32 heavy (non-hydrogen) atoms. The molecule has 0 radical (unpaired) electrons. The number of benzene rings is 2. The van der Waals surface area contributed by atoms with Crippen molar-refractivity contribution in [3.63, 3.8) is 0 Å². The van der Waals surface area contributed by atoms with E-state index in [9.17, 15) is 14.4 Å². The number of ether oxygens (including phenoxy) is 1. The van der Waals surface area contributed by atoms with Gasteiger partial charge in [-0.2, -0.15) is 0 Å². The Morgan fingerprint density at radius 3 is 2.62 bits per heavy atom. The molecule has 0 unspecified atom stereocenters. The fraction of sp³-hybridized carbons (Fsp3) is 0.182. The fourth-order valence-electron chi connectivity index (χ4n) is 3.13. The number of aromatic nitrogens is 4. The van der Waals surface area contributed by atoms with E-state index in [0.717, 1.165) is 5.56 Å². The SMILES string of the molecule is COC(=O)c1nc(NC(=O)CCCn2nnc3ccccc3c2=O)sc1-c1ccccc1. The number of methoxy groups -OCH3 is 1. The first-order chi connectivity index (χ1) is 15.6. The van der Waals surface area contributed by atoms with E-state index in [2.05, 4.69) is 20.6 Å². The number of amides is 1. The lowest BCUT2D eigenvalue weighted by molar-refractivity contribution is -0.116. The highest BCUT2D eigenvalue weighted by Crippen LogP contribution is 2.33. The summed E-state index contributed by atoms with van der Waals surface area (Å²) in [7, 11) is 1.28. The van der Waals surface area contributed by atoms with Crippen LogP contribution in [0.5, 0.6) is 0 Å². The average molecular weight is 449 g/mol. The zero-order valence-corrected chi connectivity index (χ0v) is 18.0. The molecule has 1 N–H and O–H groups in total. The molecule has 2 aromatic carbocycles. The molecular weight excluding hydrogens is 430 g/mol. The van der Waals surface area contributed by atoms with Crippen molar-refractivity contribution in [3.8, 4) is 10.4 Å². The van der Waals surface area contributed by atoms with E-state index in [1.165, 1.54) is 23.1 Å². The first kappa shape index (κ1) is 21.3. The first-order valence-corrected chi connectivity index (χ1v) is 10.7. The third-order valence-corrected chi connectivity index (χ3v) is 5.71. The maximum Gasteiger partial charge on any atom is 0.358 e. The van der Waals surface area contributed by atoms with E-state index >= 15 is 0 Å². The number of aryl methyl sites for hydroxylation is 1. The third kappa shape index (κ3) is 4.54. The fourth-order valence-corrected chi connectivity index (χ4v) is 4.11. The van der Waals surface area contributed by atoms with E-state index in [1.807, 2.05) is 30.3 Å². The number of nitrogens with zero attached hydrogens (tertiary/aromatic N) is 4. The number of rotatable bonds is 7. The number of carbonyl (C=O) groups is 2. The van der Waals surface area contributed by atoms with Crippen LogP contribution in [0.2, 0.25) is 0 Å². The van der Waals surface area contributed by atoms with Gasteiger partial charge in [0.1, 0.15) is 5.52 Å². The topological polar surface area (TPSA) is 116 Å². The summed E-state index contributed by atoms with van der Waals surface area (Å²) in [6.07, 6.45) is 0.536. The molecular formula is C22H19N5O4S. The number of thiazole rings is 1. The number of hydrogen-bond donors (Lipinski definition) is 1. The molecule has 2 aromatic heterocycles. The number of fused-ring (bicyclic) bond motifs is 1. The van der Waals surface area contributed by atoms with Crippen molar-refractivity contribution in [2.75, 3.05) is 12.4 Å². The van der Waals surface area contributed by atoms with Crippen LogP contribution in [0, 0.1) is 0 Å². The van der Waals surface area contributed by atoms with E-state index < -0.39 is 5.97 Å². The Labute approximate surface area is 186 Å². The van der Waals surface area contributed by atoms with Crippen molar-refractivity contribution in [1.29, 1.82) is 0 Å². The summed E-state index contributed by atoms with van der Waals surface area (Å²) < 4.78 is 6.07. The Morgan fingerprint density at radius 2 is 1.84 bits per heavy atom. The Balaban J connectivity index is 1.42. The van der Waals surface area contributed by atoms with Crippen LogP contribution in [0.25, 0.3) is 21.3 Å². The van der Waals surface area contributed by atoms with E-state index in [1.54, 1.807) is 24.3 Å². The molecule has 0 aliphatic heterocycles. The monoisotopic (exact) mass is 449 g/mol. The molecule has 1 amide bonds. The smallest absolute Gasteiger partial charge is 0.358 e. The molecule has 9 nitrogen and oxygen atoms in total. The summed E-state index contributed by atoms with van der Waals surface area (Å²) in [6.45, 7) is 0.255. The Kier molecular flexibility index (Phi) is 6.31. The highest BCUT2D eigenvalue weighted by molar-refractivity contribution is 7.19. The van der Waals surface area contributed by atoms with Crippen molar-refractivity contribution in [2.45, 2.75) is 19.4 Å². The average Bonchev–Trinajstić information content (AvgIpc) is 3.24. The number of anilines is 1. The van der Waals surface area contributed by atoms with Crippen molar-refractivity contribution < 1.29 is 14.3 Å². The Morgan fingerprint density at radius 1 is 1.09 bits per heavy atom. The highest BCUT2D eigenvalue weighted by atomic mass is 32.1. The first-order valence-electron chi connectivity index (χ1n) is 9.84. The van der Waals surface area contributed by atoms with Gasteiger partial charge in [-0.15, -0.1) is 5.10 Å².